The molecule has 0 unspecified atom stereocenters. The Morgan fingerprint density at radius 2 is 1.67 bits per heavy atom. The van der Waals surface area contributed by atoms with Crippen molar-refractivity contribution >= 4 is 35.6 Å². The van der Waals surface area contributed by atoms with Crippen LogP contribution < -0.4 is 15.5 Å². The first-order chi connectivity index (χ1) is 14.2. The van der Waals surface area contributed by atoms with Gasteiger partial charge >= 0.3 is 0 Å². The van der Waals surface area contributed by atoms with Crippen molar-refractivity contribution in [2.75, 3.05) is 45.2 Å². The molecule has 0 atom stereocenters. The number of hydrogen-bond acceptors (Lipinski definition) is 3. The van der Waals surface area contributed by atoms with E-state index >= 15 is 0 Å². The van der Waals surface area contributed by atoms with Crippen LogP contribution in [-0.2, 0) is 6.54 Å². The second-order valence-corrected chi connectivity index (χ2v) is 7.79. The Bertz CT molecular complexity index is 730. The summed E-state index contributed by atoms with van der Waals surface area (Å²) in [5.41, 5.74) is 2.66. The quantitative estimate of drug-likeness (QED) is 0.239. The molecule has 6 heteroatoms. The Morgan fingerprint density at radius 3 is 2.30 bits per heavy atom. The predicted molar refractivity (Wildman–Crippen MR) is 139 cm³/mol. The number of nitrogens with zero attached hydrogens (tertiary/aromatic N) is 3. The van der Waals surface area contributed by atoms with Crippen LogP contribution in [0.4, 0.5) is 5.69 Å². The number of hydrogen-bond donors (Lipinski definition) is 2. The summed E-state index contributed by atoms with van der Waals surface area (Å²) in [6.07, 6.45) is 3.39. The Morgan fingerprint density at radius 1 is 1.03 bits per heavy atom. The van der Waals surface area contributed by atoms with Crippen LogP contribution in [0.1, 0.15) is 24.8 Å². The van der Waals surface area contributed by atoms with Gasteiger partial charge in [0.25, 0.3) is 0 Å². The number of likely N-dealkylation sites (tertiary alicyclic amines) is 1. The van der Waals surface area contributed by atoms with Crippen LogP contribution in [0.5, 0.6) is 0 Å². The zero-order valence-corrected chi connectivity index (χ0v) is 20.6. The fourth-order valence-corrected chi connectivity index (χ4v) is 3.80. The second kappa shape index (κ2) is 13.5. The molecule has 30 heavy (non-hydrogen) atoms. The lowest BCUT2D eigenvalue weighted by Gasteiger charge is -2.33. The van der Waals surface area contributed by atoms with Gasteiger partial charge < -0.3 is 15.5 Å². The van der Waals surface area contributed by atoms with Crippen LogP contribution >= 0.6 is 24.0 Å². The molecule has 1 aliphatic rings. The molecule has 2 aromatic rings. The fraction of sp³-hybridized carbons (Fsp3) is 0.458. The highest BCUT2D eigenvalue weighted by atomic mass is 127. The van der Waals surface area contributed by atoms with Gasteiger partial charge in [-0.15, -0.1) is 24.0 Å². The Kier molecular flexibility index (Phi) is 11.0. The lowest BCUT2D eigenvalue weighted by atomic mass is 10.0. The molecular weight excluding hydrogens is 485 g/mol. The van der Waals surface area contributed by atoms with Gasteiger partial charge in [0.05, 0.1) is 0 Å². The van der Waals surface area contributed by atoms with Gasteiger partial charge in [-0.2, -0.15) is 0 Å². The van der Waals surface area contributed by atoms with Gasteiger partial charge in [0.1, 0.15) is 0 Å². The molecule has 3 rings (SSSR count). The maximum absolute atomic E-state index is 4.41. The molecule has 1 heterocycles. The summed E-state index contributed by atoms with van der Waals surface area (Å²) in [5, 5.41) is 7.08. The van der Waals surface area contributed by atoms with E-state index in [1.165, 1.54) is 11.3 Å². The average molecular weight is 521 g/mol. The summed E-state index contributed by atoms with van der Waals surface area (Å²) in [5.74, 6) is 0.925. The highest BCUT2D eigenvalue weighted by Crippen LogP contribution is 2.14. The van der Waals surface area contributed by atoms with Crippen molar-refractivity contribution in [3.8, 4) is 0 Å². The maximum Gasteiger partial charge on any atom is 0.191 e. The topological polar surface area (TPSA) is 42.9 Å². The van der Waals surface area contributed by atoms with Crippen molar-refractivity contribution in [2.24, 2.45) is 4.99 Å². The van der Waals surface area contributed by atoms with E-state index in [4.69, 9.17) is 0 Å². The van der Waals surface area contributed by atoms with Crippen LogP contribution in [0, 0.1) is 0 Å². The zero-order valence-electron chi connectivity index (χ0n) is 18.3. The van der Waals surface area contributed by atoms with Crippen molar-refractivity contribution in [3.63, 3.8) is 0 Å². The summed E-state index contributed by atoms with van der Waals surface area (Å²) in [7, 11) is 4.00. The third-order valence-corrected chi connectivity index (χ3v) is 5.56. The van der Waals surface area contributed by atoms with Crippen molar-refractivity contribution in [3.05, 3.63) is 66.2 Å². The van der Waals surface area contributed by atoms with E-state index < -0.39 is 0 Å². The number of para-hydroxylation sites is 1. The molecule has 1 fully saturated rings. The van der Waals surface area contributed by atoms with Gasteiger partial charge in [-0.3, -0.25) is 9.89 Å². The van der Waals surface area contributed by atoms with E-state index in [0.717, 1.165) is 57.9 Å². The summed E-state index contributed by atoms with van der Waals surface area (Å²) < 4.78 is 0. The molecule has 0 aliphatic carbocycles. The number of halogens is 1. The fourth-order valence-electron chi connectivity index (χ4n) is 3.80. The third kappa shape index (κ3) is 8.14. The molecule has 2 aromatic carbocycles. The summed E-state index contributed by atoms with van der Waals surface area (Å²) in [6, 6.07) is 21.8. The van der Waals surface area contributed by atoms with Gasteiger partial charge in [0, 0.05) is 58.5 Å². The number of rotatable bonds is 8. The number of nitrogens with one attached hydrogen (secondary N) is 2. The minimum Gasteiger partial charge on any atom is -0.375 e. The van der Waals surface area contributed by atoms with E-state index in [9.17, 15) is 0 Å². The van der Waals surface area contributed by atoms with Crippen molar-refractivity contribution in [1.82, 2.24) is 15.5 Å². The van der Waals surface area contributed by atoms with E-state index in [-0.39, 0.29) is 24.0 Å². The molecule has 0 radical (unpaired) electrons. The SMILES string of the molecule is CN=C(NCCCN(C)c1ccccc1)NC1CCN(Cc2ccccc2)CC1.I. The van der Waals surface area contributed by atoms with Gasteiger partial charge in [-0.25, -0.2) is 0 Å². The molecule has 5 nitrogen and oxygen atoms in total. The van der Waals surface area contributed by atoms with Gasteiger partial charge in [0.2, 0.25) is 0 Å². The molecule has 0 spiro atoms. The smallest absolute Gasteiger partial charge is 0.191 e. The van der Waals surface area contributed by atoms with Gasteiger partial charge in [0.15, 0.2) is 5.96 Å². The van der Waals surface area contributed by atoms with E-state index in [2.05, 4.69) is 93.1 Å². The lowest BCUT2D eigenvalue weighted by molar-refractivity contribution is 0.198. The number of piperidine rings is 1. The van der Waals surface area contributed by atoms with E-state index in [1.807, 2.05) is 7.05 Å². The lowest BCUT2D eigenvalue weighted by Crippen LogP contribution is -2.48. The predicted octanol–water partition coefficient (Wildman–Crippen LogP) is 3.96. The molecule has 0 saturated carbocycles. The largest absolute Gasteiger partial charge is 0.375 e. The highest BCUT2D eigenvalue weighted by molar-refractivity contribution is 14.0. The minimum atomic E-state index is 0. The number of anilines is 1. The molecule has 0 bridgehead atoms. The van der Waals surface area contributed by atoms with Crippen molar-refractivity contribution in [1.29, 1.82) is 0 Å². The monoisotopic (exact) mass is 521 g/mol. The first kappa shape index (κ1) is 24.5. The molecular formula is C24H36IN5. The van der Waals surface area contributed by atoms with Crippen molar-refractivity contribution < 1.29 is 0 Å². The van der Waals surface area contributed by atoms with Crippen molar-refractivity contribution in [2.45, 2.75) is 31.8 Å². The summed E-state index contributed by atoms with van der Waals surface area (Å²) in [4.78, 5) is 9.25. The first-order valence-corrected chi connectivity index (χ1v) is 10.7. The first-order valence-electron chi connectivity index (χ1n) is 10.7. The van der Waals surface area contributed by atoms with Crippen LogP contribution in [0.3, 0.4) is 0 Å². The maximum atomic E-state index is 4.41. The molecule has 0 amide bonds. The average Bonchev–Trinajstić information content (AvgIpc) is 2.78. The third-order valence-electron chi connectivity index (χ3n) is 5.56. The summed E-state index contributed by atoms with van der Waals surface area (Å²) in [6.45, 7) is 5.25. The molecule has 1 aliphatic heterocycles. The second-order valence-electron chi connectivity index (χ2n) is 7.79. The number of benzene rings is 2. The van der Waals surface area contributed by atoms with Crippen LogP contribution in [0.2, 0.25) is 0 Å². The normalized spacial score (nSPS) is 15.3. The van der Waals surface area contributed by atoms with Gasteiger partial charge in [-0.05, 0) is 37.0 Å². The summed E-state index contributed by atoms with van der Waals surface area (Å²) >= 11 is 0. The standard InChI is InChI=1S/C24H35N5.HI/c1-25-24(26-16-9-17-28(2)23-12-7-4-8-13-23)27-22-14-18-29(19-15-22)20-21-10-5-3-6-11-21;/h3-8,10-13,22H,9,14-20H2,1-2H3,(H2,25,26,27);1H. The number of aliphatic imine (C=N–C) groups is 1. The molecule has 2 N–H and O–H groups in total. The van der Waals surface area contributed by atoms with Crippen LogP contribution in [0.25, 0.3) is 0 Å². The Labute approximate surface area is 199 Å². The molecule has 1 saturated heterocycles. The zero-order chi connectivity index (χ0) is 20.3. The Balaban J connectivity index is 0.00000320. The molecule has 164 valence electrons. The van der Waals surface area contributed by atoms with Crippen LogP contribution in [0.15, 0.2) is 65.7 Å². The van der Waals surface area contributed by atoms with E-state index in [0.29, 0.717) is 6.04 Å². The van der Waals surface area contributed by atoms with Crippen LogP contribution in [-0.4, -0.2) is 57.2 Å². The van der Waals surface area contributed by atoms with E-state index in [1.54, 1.807) is 0 Å². The highest BCUT2D eigenvalue weighted by Gasteiger charge is 2.19. The number of guanidine groups is 1. The minimum absolute atomic E-state index is 0. The Hall–Kier alpha value is -1.80. The van der Waals surface area contributed by atoms with Gasteiger partial charge in [-0.1, -0.05) is 48.5 Å². The molecule has 0 aromatic heterocycles.